The smallest absolute Gasteiger partial charge is 0.254 e. The molecule has 0 bridgehead atoms. The number of hydrogen-bond acceptors (Lipinski definition) is 2. The number of carbonyl (C=O) groups excluding carboxylic acids is 1. The van der Waals surface area contributed by atoms with Crippen LogP contribution < -0.4 is 5.32 Å². The van der Waals surface area contributed by atoms with Crippen LogP contribution in [-0.4, -0.2) is 24.2 Å². The predicted octanol–water partition coefficient (Wildman–Crippen LogP) is 1.31. The molecule has 0 radical (unpaired) electrons. The summed E-state index contributed by atoms with van der Waals surface area (Å²) in [5.74, 6) is 4.69. The Kier molecular flexibility index (Phi) is 3.96. The van der Waals surface area contributed by atoms with Crippen LogP contribution in [0, 0.1) is 23.6 Å². The van der Waals surface area contributed by atoms with Crippen LogP contribution in [0.15, 0.2) is 18.2 Å². The Bertz CT molecular complexity index is 512. The lowest BCUT2D eigenvalue weighted by molar-refractivity contribution is 0.0947. The van der Waals surface area contributed by atoms with E-state index in [2.05, 4.69) is 17.2 Å². The molecule has 1 aliphatic rings. The maximum atomic E-state index is 13.5. The molecule has 18 heavy (non-hydrogen) atoms. The van der Waals surface area contributed by atoms with Gasteiger partial charge in [0.25, 0.3) is 5.91 Å². The molecule has 2 rings (SSSR count). The third-order valence-electron chi connectivity index (χ3n) is 2.77. The Morgan fingerprint density at radius 3 is 2.94 bits per heavy atom. The van der Waals surface area contributed by atoms with Crippen molar-refractivity contribution in [1.82, 2.24) is 5.32 Å². The fourth-order valence-corrected chi connectivity index (χ4v) is 1.57. The first-order chi connectivity index (χ1) is 8.70. The van der Waals surface area contributed by atoms with Crippen LogP contribution in [0.1, 0.15) is 28.8 Å². The topological polar surface area (TPSA) is 49.3 Å². The number of aliphatic hydroxyl groups is 1. The van der Waals surface area contributed by atoms with Crippen LogP contribution in [-0.2, 0) is 0 Å². The predicted molar refractivity (Wildman–Crippen MR) is 65.4 cm³/mol. The first-order valence-electron chi connectivity index (χ1n) is 5.88. The summed E-state index contributed by atoms with van der Waals surface area (Å²) in [4.78, 5) is 11.8. The molecule has 4 heteroatoms. The molecule has 1 saturated carbocycles. The van der Waals surface area contributed by atoms with Gasteiger partial charge in [0.2, 0.25) is 0 Å². The summed E-state index contributed by atoms with van der Waals surface area (Å²) < 4.78 is 13.5. The number of rotatable bonds is 3. The number of nitrogens with one attached hydrogen (secondary N) is 1. The standard InChI is InChI=1S/C14H14FNO2/c15-13-6-5-10(2-1-7-17)8-12(13)14(18)16-9-11-3-4-11/h5-6,8,11,17H,3-4,7,9H2,(H,16,18). The molecule has 1 aromatic carbocycles. The molecule has 0 unspecified atom stereocenters. The zero-order valence-electron chi connectivity index (χ0n) is 9.87. The Labute approximate surface area is 105 Å². The van der Waals surface area contributed by atoms with Gasteiger partial charge in [0, 0.05) is 12.1 Å². The number of halogens is 1. The van der Waals surface area contributed by atoms with Crippen molar-refractivity contribution in [3.8, 4) is 11.8 Å². The van der Waals surface area contributed by atoms with Gasteiger partial charge in [0.1, 0.15) is 12.4 Å². The van der Waals surface area contributed by atoms with Gasteiger partial charge in [-0.15, -0.1) is 0 Å². The normalized spacial score (nSPS) is 13.7. The SMILES string of the molecule is O=C(NCC1CC1)c1cc(C#CCO)ccc1F. The van der Waals surface area contributed by atoms with Crippen LogP contribution in [0.2, 0.25) is 0 Å². The number of aliphatic hydroxyl groups excluding tert-OH is 1. The minimum absolute atomic E-state index is 0.000361. The summed E-state index contributed by atoms with van der Waals surface area (Å²) in [7, 11) is 0. The van der Waals surface area contributed by atoms with Gasteiger partial charge in [-0.05, 0) is 37.0 Å². The van der Waals surface area contributed by atoms with E-state index in [4.69, 9.17) is 5.11 Å². The molecule has 0 spiro atoms. The van der Waals surface area contributed by atoms with Crippen molar-refractivity contribution in [3.63, 3.8) is 0 Å². The lowest BCUT2D eigenvalue weighted by Crippen LogP contribution is -2.26. The first kappa shape index (κ1) is 12.6. The number of carbonyl (C=O) groups is 1. The van der Waals surface area contributed by atoms with E-state index in [0.717, 1.165) is 12.8 Å². The average Bonchev–Trinajstić information content (AvgIpc) is 3.19. The molecule has 0 aliphatic heterocycles. The Morgan fingerprint density at radius 1 is 1.50 bits per heavy atom. The molecule has 1 amide bonds. The van der Waals surface area contributed by atoms with Gasteiger partial charge in [0.15, 0.2) is 0 Å². The highest BCUT2D eigenvalue weighted by Crippen LogP contribution is 2.27. The molecule has 94 valence electrons. The molecule has 1 fully saturated rings. The minimum atomic E-state index is -0.558. The van der Waals surface area contributed by atoms with Crippen molar-refractivity contribution in [1.29, 1.82) is 0 Å². The summed E-state index contributed by atoms with van der Waals surface area (Å²) in [6, 6.07) is 4.10. The molecule has 1 aromatic rings. The van der Waals surface area contributed by atoms with E-state index in [1.165, 1.54) is 18.2 Å². The lowest BCUT2D eigenvalue weighted by Gasteiger charge is -2.05. The van der Waals surface area contributed by atoms with E-state index in [1.807, 2.05) is 0 Å². The minimum Gasteiger partial charge on any atom is -0.384 e. The van der Waals surface area contributed by atoms with Crippen LogP contribution in [0.25, 0.3) is 0 Å². The maximum Gasteiger partial charge on any atom is 0.254 e. The van der Waals surface area contributed by atoms with Crippen LogP contribution >= 0.6 is 0 Å². The van der Waals surface area contributed by atoms with E-state index >= 15 is 0 Å². The lowest BCUT2D eigenvalue weighted by atomic mass is 10.1. The van der Waals surface area contributed by atoms with Gasteiger partial charge in [-0.25, -0.2) is 4.39 Å². The van der Waals surface area contributed by atoms with Gasteiger partial charge in [-0.2, -0.15) is 0 Å². The van der Waals surface area contributed by atoms with Crippen molar-refractivity contribution in [3.05, 3.63) is 35.1 Å². The van der Waals surface area contributed by atoms with E-state index in [-0.39, 0.29) is 12.2 Å². The van der Waals surface area contributed by atoms with Gasteiger partial charge >= 0.3 is 0 Å². The zero-order valence-corrected chi connectivity index (χ0v) is 9.87. The van der Waals surface area contributed by atoms with Crippen molar-refractivity contribution in [2.24, 2.45) is 5.92 Å². The fraction of sp³-hybridized carbons (Fsp3) is 0.357. The van der Waals surface area contributed by atoms with Gasteiger partial charge in [-0.1, -0.05) is 11.8 Å². The Balaban J connectivity index is 2.11. The highest BCUT2D eigenvalue weighted by Gasteiger charge is 2.22. The fourth-order valence-electron chi connectivity index (χ4n) is 1.57. The first-order valence-corrected chi connectivity index (χ1v) is 5.88. The van der Waals surface area contributed by atoms with Gasteiger partial charge in [-0.3, -0.25) is 4.79 Å². The monoisotopic (exact) mass is 247 g/mol. The quantitative estimate of drug-likeness (QED) is 0.791. The van der Waals surface area contributed by atoms with Crippen molar-refractivity contribution >= 4 is 5.91 Å². The van der Waals surface area contributed by atoms with Crippen molar-refractivity contribution in [2.75, 3.05) is 13.2 Å². The number of benzene rings is 1. The highest BCUT2D eigenvalue weighted by atomic mass is 19.1. The van der Waals surface area contributed by atoms with E-state index < -0.39 is 11.7 Å². The van der Waals surface area contributed by atoms with Crippen LogP contribution in [0.5, 0.6) is 0 Å². The molecule has 3 nitrogen and oxygen atoms in total. The molecule has 1 aliphatic carbocycles. The molecular weight excluding hydrogens is 233 g/mol. The third-order valence-corrected chi connectivity index (χ3v) is 2.77. The molecule has 0 aromatic heterocycles. The number of hydrogen-bond donors (Lipinski definition) is 2. The molecule has 2 N–H and O–H groups in total. The summed E-state index contributed by atoms with van der Waals surface area (Å²) in [5, 5.41) is 11.3. The maximum absolute atomic E-state index is 13.5. The number of amides is 1. The second-order valence-corrected chi connectivity index (χ2v) is 4.31. The second kappa shape index (κ2) is 5.65. The Morgan fingerprint density at radius 2 is 2.28 bits per heavy atom. The molecular formula is C14H14FNO2. The Hall–Kier alpha value is -1.86. The summed E-state index contributed by atoms with van der Waals surface area (Å²) in [6.45, 7) is 0.339. The van der Waals surface area contributed by atoms with E-state index in [9.17, 15) is 9.18 Å². The zero-order chi connectivity index (χ0) is 13.0. The average molecular weight is 247 g/mol. The van der Waals surface area contributed by atoms with E-state index in [1.54, 1.807) is 0 Å². The largest absolute Gasteiger partial charge is 0.384 e. The van der Waals surface area contributed by atoms with Crippen LogP contribution in [0.3, 0.4) is 0 Å². The second-order valence-electron chi connectivity index (χ2n) is 4.31. The molecule has 0 saturated heterocycles. The third kappa shape index (κ3) is 3.31. The van der Waals surface area contributed by atoms with Gasteiger partial charge in [0.05, 0.1) is 5.56 Å². The van der Waals surface area contributed by atoms with Gasteiger partial charge < -0.3 is 10.4 Å². The summed E-state index contributed by atoms with van der Waals surface area (Å²) in [6.07, 6.45) is 2.26. The van der Waals surface area contributed by atoms with Crippen molar-refractivity contribution < 1.29 is 14.3 Å². The van der Waals surface area contributed by atoms with Crippen LogP contribution in [0.4, 0.5) is 4.39 Å². The summed E-state index contributed by atoms with van der Waals surface area (Å²) >= 11 is 0. The van der Waals surface area contributed by atoms with E-state index in [0.29, 0.717) is 18.0 Å². The van der Waals surface area contributed by atoms with Crippen molar-refractivity contribution in [2.45, 2.75) is 12.8 Å². The molecule has 0 heterocycles. The highest BCUT2D eigenvalue weighted by molar-refractivity contribution is 5.94. The summed E-state index contributed by atoms with van der Waals surface area (Å²) in [5.41, 5.74) is 0.516. The molecule has 0 atom stereocenters.